The lowest BCUT2D eigenvalue weighted by Gasteiger charge is -2.61. The SMILES string of the molecule is O=C(c1ccc(Cl)cc1[N+](=O)[O-])N1CCN(C23CC4CC(CC(C4)C2)C3)CC1. The highest BCUT2D eigenvalue weighted by Crippen LogP contribution is 2.57. The molecule has 0 atom stereocenters. The van der Waals surface area contributed by atoms with Crippen LogP contribution in [0.5, 0.6) is 0 Å². The van der Waals surface area contributed by atoms with Gasteiger partial charge in [-0.15, -0.1) is 0 Å². The van der Waals surface area contributed by atoms with Crippen molar-refractivity contribution in [2.24, 2.45) is 17.8 Å². The average Bonchev–Trinajstić information content (AvgIpc) is 2.66. The molecular formula is C21H26ClN3O3. The number of piperazine rings is 1. The zero-order valence-corrected chi connectivity index (χ0v) is 16.7. The Hall–Kier alpha value is -1.66. The first-order valence-electron chi connectivity index (χ1n) is 10.4. The van der Waals surface area contributed by atoms with Crippen molar-refractivity contribution in [2.75, 3.05) is 26.2 Å². The molecule has 4 aliphatic carbocycles. The largest absolute Gasteiger partial charge is 0.336 e. The quantitative estimate of drug-likeness (QED) is 0.565. The highest BCUT2D eigenvalue weighted by molar-refractivity contribution is 6.31. The summed E-state index contributed by atoms with van der Waals surface area (Å²) in [5.74, 6) is 2.46. The highest BCUT2D eigenvalue weighted by atomic mass is 35.5. The molecule has 5 aliphatic rings. The molecule has 0 unspecified atom stereocenters. The van der Waals surface area contributed by atoms with Crippen LogP contribution in [0.25, 0.3) is 0 Å². The van der Waals surface area contributed by atoms with Crippen LogP contribution in [0.2, 0.25) is 5.02 Å². The van der Waals surface area contributed by atoms with Gasteiger partial charge in [-0.25, -0.2) is 0 Å². The summed E-state index contributed by atoms with van der Waals surface area (Å²) in [6, 6.07) is 4.29. The summed E-state index contributed by atoms with van der Waals surface area (Å²) in [5.41, 5.74) is 0.287. The van der Waals surface area contributed by atoms with Gasteiger partial charge >= 0.3 is 0 Å². The lowest BCUT2D eigenvalue weighted by Crippen LogP contribution is -2.64. The molecular weight excluding hydrogens is 378 g/mol. The zero-order chi connectivity index (χ0) is 19.5. The van der Waals surface area contributed by atoms with Crippen LogP contribution in [0.15, 0.2) is 18.2 Å². The number of halogens is 1. The minimum Gasteiger partial charge on any atom is -0.336 e. The molecule has 6 rings (SSSR count). The molecule has 1 saturated heterocycles. The molecule has 1 aliphatic heterocycles. The van der Waals surface area contributed by atoms with Gasteiger partial charge in [-0.3, -0.25) is 19.8 Å². The molecule has 4 saturated carbocycles. The minimum absolute atomic E-state index is 0.137. The lowest BCUT2D eigenvalue weighted by molar-refractivity contribution is -0.385. The van der Waals surface area contributed by atoms with E-state index < -0.39 is 4.92 Å². The van der Waals surface area contributed by atoms with Gasteiger partial charge in [0, 0.05) is 42.8 Å². The molecule has 4 bridgehead atoms. The molecule has 0 spiro atoms. The Morgan fingerprint density at radius 2 is 1.61 bits per heavy atom. The molecule has 0 radical (unpaired) electrons. The van der Waals surface area contributed by atoms with E-state index in [1.54, 1.807) is 11.0 Å². The van der Waals surface area contributed by atoms with Gasteiger partial charge in [0.05, 0.1) is 4.92 Å². The van der Waals surface area contributed by atoms with Crippen LogP contribution >= 0.6 is 11.6 Å². The van der Waals surface area contributed by atoms with E-state index >= 15 is 0 Å². The number of nitrogens with zero attached hydrogens (tertiary/aromatic N) is 3. The topological polar surface area (TPSA) is 66.7 Å². The Balaban J connectivity index is 1.29. The maximum absolute atomic E-state index is 13.0. The van der Waals surface area contributed by atoms with Crippen LogP contribution < -0.4 is 0 Å². The summed E-state index contributed by atoms with van der Waals surface area (Å²) in [6.07, 6.45) is 8.27. The number of benzene rings is 1. The van der Waals surface area contributed by atoms with Crippen molar-refractivity contribution in [3.05, 3.63) is 38.9 Å². The maximum Gasteiger partial charge on any atom is 0.283 e. The number of amides is 1. The van der Waals surface area contributed by atoms with Gasteiger partial charge in [-0.2, -0.15) is 0 Å². The summed E-state index contributed by atoms with van der Waals surface area (Å²) in [7, 11) is 0. The summed E-state index contributed by atoms with van der Waals surface area (Å²) in [6.45, 7) is 3.03. The predicted molar refractivity (Wildman–Crippen MR) is 106 cm³/mol. The Labute approximate surface area is 170 Å². The van der Waals surface area contributed by atoms with Crippen LogP contribution in [0.1, 0.15) is 48.9 Å². The van der Waals surface area contributed by atoms with Gasteiger partial charge in [0.2, 0.25) is 0 Å². The van der Waals surface area contributed by atoms with Crippen molar-refractivity contribution in [1.29, 1.82) is 0 Å². The molecule has 7 heteroatoms. The van der Waals surface area contributed by atoms with Crippen molar-refractivity contribution in [1.82, 2.24) is 9.80 Å². The summed E-state index contributed by atoms with van der Waals surface area (Å²) in [4.78, 5) is 28.2. The first-order valence-corrected chi connectivity index (χ1v) is 10.8. The Morgan fingerprint density at radius 3 is 2.14 bits per heavy atom. The van der Waals surface area contributed by atoms with Crippen LogP contribution in [-0.4, -0.2) is 52.3 Å². The summed E-state index contributed by atoms with van der Waals surface area (Å²) < 4.78 is 0. The second kappa shape index (κ2) is 6.70. The van der Waals surface area contributed by atoms with Crippen LogP contribution in [0.3, 0.4) is 0 Å². The molecule has 6 nitrogen and oxygen atoms in total. The van der Waals surface area contributed by atoms with Gasteiger partial charge < -0.3 is 4.90 Å². The third-order valence-corrected chi connectivity index (χ3v) is 7.87. The van der Waals surface area contributed by atoms with Gasteiger partial charge in [0.25, 0.3) is 11.6 Å². The van der Waals surface area contributed by atoms with Crippen LogP contribution in [0.4, 0.5) is 5.69 Å². The number of nitro groups is 1. The summed E-state index contributed by atoms with van der Waals surface area (Å²) >= 11 is 5.88. The van der Waals surface area contributed by atoms with E-state index in [4.69, 9.17) is 11.6 Å². The van der Waals surface area contributed by atoms with E-state index in [0.717, 1.165) is 30.8 Å². The maximum atomic E-state index is 13.0. The highest BCUT2D eigenvalue weighted by Gasteiger charge is 2.53. The van der Waals surface area contributed by atoms with Crippen molar-refractivity contribution in [3.8, 4) is 0 Å². The van der Waals surface area contributed by atoms with E-state index in [2.05, 4.69) is 4.90 Å². The molecule has 150 valence electrons. The number of carbonyl (C=O) groups excluding carboxylic acids is 1. The van der Waals surface area contributed by atoms with Crippen LogP contribution in [-0.2, 0) is 0 Å². The van der Waals surface area contributed by atoms with Gasteiger partial charge in [0.1, 0.15) is 5.56 Å². The standard InChI is InChI=1S/C21H26ClN3O3/c22-17-1-2-18(19(10-17)25(27)28)20(26)23-3-5-24(6-4-23)21-11-14-7-15(12-21)9-16(8-14)13-21/h1-2,10,14-16H,3-9,11-13H2. The van der Waals surface area contributed by atoms with Gasteiger partial charge in [0.15, 0.2) is 0 Å². The van der Waals surface area contributed by atoms with Gasteiger partial charge in [-0.05, 0) is 68.4 Å². The first kappa shape index (κ1) is 18.4. The van der Waals surface area contributed by atoms with E-state index in [1.807, 2.05) is 0 Å². The van der Waals surface area contributed by atoms with Crippen molar-refractivity contribution in [2.45, 2.75) is 44.1 Å². The fourth-order valence-corrected chi connectivity index (χ4v) is 7.01. The van der Waals surface area contributed by atoms with Crippen LogP contribution in [0, 0.1) is 27.9 Å². The first-order chi connectivity index (χ1) is 13.4. The van der Waals surface area contributed by atoms with E-state index in [9.17, 15) is 14.9 Å². The summed E-state index contributed by atoms with van der Waals surface area (Å²) in [5, 5.41) is 11.6. The molecule has 0 N–H and O–H groups in total. The van der Waals surface area contributed by atoms with E-state index in [-0.39, 0.29) is 22.2 Å². The molecule has 1 aromatic rings. The number of nitro benzene ring substituents is 1. The fraction of sp³-hybridized carbons (Fsp3) is 0.667. The molecule has 5 fully saturated rings. The smallest absolute Gasteiger partial charge is 0.283 e. The van der Waals surface area contributed by atoms with E-state index in [1.165, 1.54) is 50.7 Å². The Kier molecular flexibility index (Phi) is 4.40. The molecule has 0 aromatic heterocycles. The minimum atomic E-state index is -0.523. The third kappa shape index (κ3) is 3.01. The molecule has 28 heavy (non-hydrogen) atoms. The second-order valence-corrected chi connectivity index (χ2v) is 9.78. The average molecular weight is 404 g/mol. The number of carbonyl (C=O) groups is 1. The number of rotatable bonds is 3. The zero-order valence-electron chi connectivity index (χ0n) is 16.0. The van der Waals surface area contributed by atoms with Gasteiger partial charge in [-0.1, -0.05) is 11.6 Å². The molecule has 1 amide bonds. The number of hydrogen-bond acceptors (Lipinski definition) is 4. The normalized spacial score (nSPS) is 34.6. The lowest BCUT2D eigenvalue weighted by atomic mass is 9.52. The van der Waals surface area contributed by atoms with Crippen molar-refractivity contribution < 1.29 is 9.72 Å². The Bertz CT molecular complexity index is 784. The monoisotopic (exact) mass is 403 g/mol. The van der Waals surface area contributed by atoms with Crippen molar-refractivity contribution in [3.63, 3.8) is 0 Å². The fourth-order valence-electron chi connectivity index (χ4n) is 6.84. The second-order valence-electron chi connectivity index (χ2n) is 9.34. The predicted octanol–water partition coefficient (Wildman–Crippen LogP) is 3.97. The van der Waals surface area contributed by atoms with Crippen molar-refractivity contribution >= 4 is 23.2 Å². The molecule has 1 aromatic carbocycles. The Morgan fingerprint density at radius 1 is 1.04 bits per heavy atom. The third-order valence-electron chi connectivity index (χ3n) is 7.63. The molecule has 1 heterocycles. The number of hydrogen-bond donors (Lipinski definition) is 0. The van der Waals surface area contributed by atoms with E-state index in [0.29, 0.717) is 18.6 Å².